The summed E-state index contributed by atoms with van der Waals surface area (Å²) in [6, 6.07) is 23.5. The van der Waals surface area contributed by atoms with Crippen LogP contribution in [0.15, 0.2) is 78.9 Å². The molecule has 0 aliphatic carbocycles. The van der Waals surface area contributed by atoms with E-state index < -0.39 is 6.04 Å². The predicted octanol–water partition coefficient (Wildman–Crippen LogP) is 4.35. The molecule has 1 N–H and O–H groups in total. The van der Waals surface area contributed by atoms with E-state index in [1.165, 1.54) is 0 Å². The second-order valence-electron chi connectivity index (χ2n) is 6.71. The lowest BCUT2D eigenvalue weighted by molar-refractivity contribution is -0.126. The van der Waals surface area contributed by atoms with Crippen LogP contribution < -0.4 is 5.32 Å². The third-order valence-electron chi connectivity index (χ3n) is 4.94. The van der Waals surface area contributed by atoms with Gasteiger partial charge < -0.3 is 10.2 Å². The summed E-state index contributed by atoms with van der Waals surface area (Å²) < 4.78 is 0. The van der Waals surface area contributed by atoms with Crippen molar-refractivity contribution in [2.24, 2.45) is 0 Å². The second-order valence-corrected chi connectivity index (χ2v) is 7.12. The first-order valence-corrected chi connectivity index (χ1v) is 9.48. The van der Waals surface area contributed by atoms with Gasteiger partial charge >= 0.3 is 0 Å². The molecular formula is C23H19ClN2O2. The normalized spacial score (nSPS) is 13.9. The maximum Gasteiger partial charge on any atom is 0.255 e. The molecule has 0 spiro atoms. The van der Waals surface area contributed by atoms with Crippen molar-refractivity contribution in [3.63, 3.8) is 0 Å². The van der Waals surface area contributed by atoms with Crippen molar-refractivity contribution in [2.75, 3.05) is 0 Å². The predicted molar refractivity (Wildman–Crippen MR) is 109 cm³/mol. The Morgan fingerprint density at radius 3 is 2.39 bits per heavy atom. The number of benzene rings is 3. The van der Waals surface area contributed by atoms with Crippen molar-refractivity contribution < 1.29 is 9.59 Å². The Hall–Kier alpha value is -3.11. The van der Waals surface area contributed by atoms with Gasteiger partial charge in [0.2, 0.25) is 5.91 Å². The number of fused-ring (bicyclic) bond motifs is 1. The van der Waals surface area contributed by atoms with E-state index in [1.54, 1.807) is 17.0 Å². The fraction of sp³-hybridized carbons (Fsp3) is 0.130. The summed E-state index contributed by atoms with van der Waals surface area (Å²) in [7, 11) is 0. The van der Waals surface area contributed by atoms with Gasteiger partial charge in [0.15, 0.2) is 0 Å². The van der Waals surface area contributed by atoms with E-state index in [0.29, 0.717) is 23.7 Å². The van der Waals surface area contributed by atoms with Crippen molar-refractivity contribution in [3.8, 4) is 0 Å². The summed E-state index contributed by atoms with van der Waals surface area (Å²) in [5.74, 6) is -0.357. The molecule has 3 aromatic carbocycles. The Morgan fingerprint density at radius 1 is 0.964 bits per heavy atom. The van der Waals surface area contributed by atoms with E-state index in [9.17, 15) is 9.59 Å². The molecule has 4 rings (SSSR count). The molecule has 0 unspecified atom stereocenters. The Balaban J connectivity index is 1.61. The first-order valence-electron chi connectivity index (χ1n) is 9.10. The Labute approximate surface area is 168 Å². The van der Waals surface area contributed by atoms with Crippen LogP contribution in [0.2, 0.25) is 5.02 Å². The van der Waals surface area contributed by atoms with Crippen molar-refractivity contribution >= 4 is 23.4 Å². The number of halogens is 1. The maximum atomic E-state index is 13.2. The van der Waals surface area contributed by atoms with Crippen LogP contribution in [-0.4, -0.2) is 16.7 Å². The number of hydrogen-bond acceptors (Lipinski definition) is 2. The molecule has 0 saturated heterocycles. The fourth-order valence-corrected chi connectivity index (χ4v) is 3.72. The monoisotopic (exact) mass is 390 g/mol. The van der Waals surface area contributed by atoms with Gasteiger partial charge in [-0.15, -0.1) is 0 Å². The van der Waals surface area contributed by atoms with Gasteiger partial charge in [-0.05, 0) is 28.8 Å². The SMILES string of the molecule is O=C(NCc1ccccc1Cl)[C@@H](c1ccccc1)N1Cc2ccccc2C1=O. The molecule has 2 amide bonds. The lowest BCUT2D eigenvalue weighted by Crippen LogP contribution is -2.40. The molecular weight excluding hydrogens is 372 g/mol. The number of carbonyl (C=O) groups is 2. The van der Waals surface area contributed by atoms with Crippen molar-refractivity contribution in [1.29, 1.82) is 0 Å². The Bertz CT molecular complexity index is 1020. The highest BCUT2D eigenvalue weighted by Crippen LogP contribution is 2.31. The highest BCUT2D eigenvalue weighted by Gasteiger charge is 2.37. The largest absolute Gasteiger partial charge is 0.350 e. The first-order chi connectivity index (χ1) is 13.6. The molecule has 0 fully saturated rings. The van der Waals surface area contributed by atoms with Gasteiger partial charge in [-0.2, -0.15) is 0 Å². The van der Waals surface area contributed by atoms with Gasteiger partial charge in [0.05, 0.1) is 0 Å². The zero-order chi connectivity index (χ0) is 19.5. The molecule has 0 saturated carbocycles. The van der Waals surface area contributed by atoms with Crippen molar-refractivity contribution in [3.05, 3.63) is 106 Å². The van der Waals surface area contributed by atoms with Crippen molar-refractivity contribution in [2.45, 2.75) is 19.1 Å². The average Bonchev–Trinajstić information content (AvgIpc) is 3.05. The highest BCUT2D eigenvalue weighted by molar-refractivity contribution is 6.31. The van der Waals surface area contributed by atoms with Gasteiger partial charge in [0.25, 0.3) is 5.91 Å². The molecule has 1 heterocycles. The quantitative estimate of drug-likeness (QED) is 0.704. The third kappa shape index (κ3) is 3.51. The summed E-state index contributed by atoms with van der Waals surface area (Å²) in [5, 5.41) is 3.55. The molecule has 1 aliphatic rings. The Kier molecular flexibility index (Phi) is 5.13. The molecule has 4 nitrogen and oxygen atoms in total. The van der Waals surface area contributed by atoms with Gasteiger partial charge in [-0.25, -0.2) is 0 Å². The zero-order valence-corrected chi connectivity index (χ0v) is 15.9. The van der Waals surface area contributed by atoms with Gasteiger partial charge in [-0.1, -0.05) is 78.3 Å². The standard InChI is InChI=1S/C23H19ClN2O2/c24-20-13-7-5-10-17(20)14-25-22(27)21(16-8-2-1-3-9-16)26-15-18-11-4-6-12-19(18)23(26)28/h1-13,21H,14-15H2,(H,25,27)/t21-/m1/s1. The molecule has 1 aliphatic heterocycles. The van der Waals surface area contributed by atoms with E-state index in [-0.39, 0.29) is 11.8 Å². The van der Waals surface area contributed by atoms with Crippen molar-refractivity contribution in [1.82, 2.24) is 10.2 Å². The first kappa shape index (κ1) is 18.3. The molecule has 1 atom stereocenters. The number of nitrogens with zero attached hydrogens (tertiary/aromatic N) is 1. The number of carbonyl (C=O) groups excluding carboxylic acids is 2. The number of nitrogens with one attached hydrogen (secondary N) is 1. The van der Waals surface area contributed by atoms with Gasteiger partial charge in [-0.3, -0.25) is 9.59 Å². The van der Waals surface area contributed by atoms with Crippen LogP contribution in [0.1, 0.15) is 33.1 Å². The van der Waals surface area contributed by atoms with Crippen LogP contribution in [0.25, 0.3) is 0 Å². The van der Waals surface area contributed by atoms with Crippen LogP contribution >= 0.6 is 11.6 Å². The van der Waals surface area contributed by atoms with Gasteiger partial charge in [0, 0.05) is 23.7 Å². The van der Waals surface area contributed by atoms with E-state index in [2.05, 4.69) is 5.32 Å². The van der Waals surface area contributed by atoms with E-state index in [0.717, 1.165) is 16.7 Å². The second kappa shape index (κ2) is 7.87. The van der Waals surface area contributed by atoms with Crippen LogP contribution in [0.5, 0.6) is 0 Å². The maximum absolute atomic E-state index is 13.2. The summed E-state index contributed by atoms with van der Waals surface area (Å²) in [5.41, 5.74) is 3.20. The molecule has 28 heavy (non-hydrogen) atoms. The molecule has 5 heteroatoms. The average molecular weight is 391 g/mol. The number of hydrogen-bond donors (Lipinski definition) is 1. The molecule has 0 radical (unpaired) electrons. The third-order valence-corrected chi connectivity index (χ3v) is 5.30. The minimum Gasteiger partial charge on any atom is -0.350 e. The summed E-state index contributed by atoms with van der Waals surface area (Å²) in [6.45, 7) is 0.713. The zero-order valence-electron chi connectivity index (χ0n) is 15.1. The molecule has 140 valence electrons. The molecule has 3 aromatic rings. The minimum atomic E-state index is -0.705. The molecule has 0 aromatic heterocycles. The fourth-order valence-electron chi connectivity index (χ4n) is 3.51. The van der Waals surface area contributed by atoms with Crippen LogP contribution in [0.3, 0.4) is 0 Å². The minimum absolute atomic E-state index is 0.127. The summed E-state index contributed by atoms with van der Waals surface area (Å²) >= 11 is 6.20. The van der Waals surface area contributed by atoms with E-state index in [1.807, 2.05) is 66.7 Å². The Morgan fingerprint density at radius 2 is 1.64 bits per heavy atom. The molecule has 0 bridgehead atoms. The summed E-state index contributed by atoms with van der Waals surface area (Å²) in [4.78, 5) is 27.8. The lowest BCUT2D eigenvalue weighted by atomic mass is 10.0. The van der Waals surface area contributed by atoms with Crippen LogP contribution in [0.4, 0.5) is 0 Å². The van der Waals surface area contributed by atoms with Crippen LogP contribution in [-0.2, 0) is 17.9 Å². The van der Waals surface area contributed by atoms with Gasteiger partial charge in [0.1, 0.15) is 6.04 Å². The van der Waals surface area contributed by atoms with E-state index >= 15 is 0 Å². The topological polar surface area (TPSA) is 49.4 Å². The number of rotatable bonds is 5. The highest BCUT2D eigenvalue weighted by atomic mass is 35.5. The van der Waals surface area contributed by atoms with Crippen LogP contribution in [0, 0.1) is 0 Å². The smallest absolute Gasteiger partial charge is 0.255 e. The summed E-state index contributed by atoms with van der Waals surface area (Å²) in [6.07, 6.45) is 0. The lowest BCUT2D eigenvalue weighted by Gasteiger charge is -2.27. The van der Waals surface area contributed by atoms with E-state index in [4.69, 9.17) is 11.6 Å². The number of amides is 2.